The van der Waals surface area contributed by atoms with Crippen LogP contribution in [0.5, 0.6) is 0 Å². The van der Waals surface area contributed by atoms with Gasteiger partial charge in [-0.1, -0.05) is 179 Å². The zero-order valence-corrected chi connectivity index (χ0v) is 35.4. The van der Waals surface area contributed by atoms with Crippen molar-refractivity contribution < 1.29 is 4.42 Å². The molecule has 10 aromatic rings. The third kappa shape index (κ3) is 5.43. The molecule has 0 radical (unpaired) electrons. The lowest BCUT2D eigenvalue weighted by Gasteiger charge is -2.32. The van der Waals surface area contributed by atoms with E-state index in [4.69, 9.17) is 4.42 Å². The number of benzene rings is 9. The molecular formula is C60H45NO. The second-order valence-corrected chi connectivity index (χ2v) is 18.1. The molecule has 2 nitrogen and oxygen atoms in total. The van der Waals surface area contributed by atoms with Crippen LogP contribution in [-0.4, -0.2) is 0 Å². The highest BCUT2D eigenvalue weighted by atomic mass is 16.3. The summed E-state index contributed by atoms with van der Waals surface area (Å²) in [5.41, 5.74) is 23.1. The van der Waals surface area contributed by atoms with Crippen LogP contribution < -0.4 is 4.90 Å². The summed E-state index contributed by atoms with van der Waals surface area (Å²) in [5.74, 6) is 0. The first-order valence-electron chi connectivity index (χ1n) is 21.8. The van der Waals surface area contributed by atoms with Gasteiger partial charge in [0.1, 0.15) is 11.2 Å². The van der Waals surface area contributed by atoms with Crippen LogP contribution in [0.25, 0.3) is 77.6 Å². The highest BCUT2D eigenvalue weighted by Gasteiger charge is 2.39. The quantitative estimate of drug-likeness (QED) is 0.167. The first kappa shape index (κ1) is 36.4. The Labute approximate surface area is 363 Å². The van der Waals surface area contributed by atoms with Gasteiger partial charge < -0.3 is 9.32 Å². The molecule has 0 saturated heterocycles. The summed E-state index contributed by atoms with van der Waals surface area (Å²) in [7, 11) is 0. The lowest BCUT2D eigenvalue weighted by Crippen LogP contribution is -2.20. The Morgan fingerprint density at radius 2 is 0.839 bits per heavy atom. The van der Waals surface area contributed by atoms with Gasteiger partial charge in [0, 0.05) is 33.0 Å². The van der Waals surface area contributed by atoms with E-state index >= 15 is 0 Å². The van der Waals surface area contributed by atoms with E-state index < -0.39 is 0 Å². The van der Waals surface area contributed by atoms with Crippen molar-refractivity contribution >= 4 is 39.0 Å². The first-order valence-corrected chi connectivity index (χ1v) is 21.8. The van der Waals surface area contributed by atoms with E-state index in [0.29, 0.717) is 0 Å². The summed E-state index contributed by atoms with van der Waals surface area (Å²) in [6.07, 6.45) is 0. The van der Waals surface area contributed by atoms with Crippen LogP contribution in [0.4, 0.5) is 17.1 Å². The fraction of sp³-hybridized carbons (Fsp3) is 0.100. The van der Waals surface area contributed by atoms with Gasteiger partial charge in [0.15, 0.2) is 0 Å². The van der Waals surface area contributed by atoms with Crippen molar-refractivity contribution in [3.63, 3.8) is 0 Å². The minimum atomic E-state index is -0.182. The number of furan rings is 1. The summed E-state index contributed by atoms with van der Waals surface area (Å²) in [6, 6.07) is 73.5. The maximum Gasteiger partial charge on any atom is 0.136 e. The Balaban J connectivity index is 0.922. The predicted octanol–water partition coefficient (Wildman–Crippen LogP) is 16.7. The van der Waals surface area contributed by atoms with Crippen molar-refractivity contribution in [3.8, 4) is 55.6 Å². The summed E-state index contributed by atoms with van der Waals surface area (Å²) >= 11 is 0. The molecule has 12 rings (SSSR count). The molecular weight excluding hydrogens is 751 g/mol. The van der Waals surface area contributed by atoms with E-state index in [1.165, 1.54) is 78.0 Å². The van der Waals surface area contributed by atoms with E-state index in [1.54, 1.807) is 0 Å². The predicted molar refractivity (Wildman–Crippen MR) is 260 cm³/mol. The number of para-hydroxylation sites is 1. The highest BCUT2D eigenvalue weighted by molar-refractivity contribution is 6.12. The lowest BCUT2D eigenvalue weighted by molar-refractivity contribution is 0.660. The molecule has 1 heterocycles. The summed E-state index contributed by atoms with van der Waals surface area (Å²) in [4.78, 5) is 2.45. The average Bonchev–Trinajstić information content (AvgIpc) is 3.90. The molecule has 2 heteroatoms. The molecule has 0 fully saturated rings. The van der Waals surface area contributed by atoms with Crippen LogP contribution in [0.15, 0.2) is 205 Å². The van der Waals surface area contributed by atoms with Gasteiger partial charge in [0.05, 0.1) is 5.69 Å². The molecule has 1 aromatic heterocycles. The van der Waals surface area contributed by atoms with Crippen LogP contribution in [0, 0.1) is 0 Å². The third-order valence-corrected chi connectivity index (χ3v) is 13.9. The van der Waals surface area contributed by atoms with Crippen molar-refractivity contribution in [2.24, 2.45) is 0 Å². The molecule has 2 aliphatic rings. The van der Waals surface area contributed by atoms with Crippen LogP contribution in [-0.2, 0) is 10.8 Å². The fourth-order valence-corrected chi connectivity index (χ4v) is 10.8. The number of anilines is 3. The largest absolute Gasteiger partial charge is 0.456 e. The highest BCUT2D eigenvalue weighted by Crippen LogP contribution is 2.55. The maximum atomic E-state index is 6.27. The van der Waals surface area contributed by atoms with Gasteiger partial charge in [-0.15, -0.1) is 0 Å². The smallest absolute Gasteiger partial charge is 0.136 e. The van der Waals surface area contributed by atoms with E-state index in [2.05, 4.69) is 221 Å². The Morgan fingerprint density at radius 3 is 1.55 bits per heavy atom. The average molecular weight is 796 g/mol. The topological polar surface area (TPSA) is 16.4 Å². The molecule has 0 N–H and O–H groups in total. The summed E-state index contributed by atoms with van der Waals surface area (Å²) < 4.78 is 6.27. The number of rotatable bonds is 6. The van der Waals surface area contributed by atoms with Crippen LogP contribution >= 0.6 is 0 Å². The van der Waals surface area contributed by atoms with Gasteiger partial charge in [-0.25, -0.2) is 0 Å². The van der Waals surface area contributed by atoms with E-state index in [9.17, 15) is 0 Å². The molecule has 0 aliphatic heterocycles. The minimum absolute atomic E-state index is 0.00674. The summed E-state index contributed by atoms with van der Waals surface area (Å²) in [6.45, 7) is 9.41. The van der Waals surface area contributed by atoms with Gasteiger partial charge in [0.2, 0.25) is 0 Å². The molecule has 2 aliphatic carbocycles. The number of hydrogen-bond donors (Lipinski definition) is 0. The molecule has 296 valence electrons. The Morgan fingerprint density at radius 1 is 0.355 bits per heavy atom. The van der Waals surface area contributed by atoms with Crippen molar-refractivity contribution in [3.05, 3.63) is 222 Å². The number of hydrogen-bond acceptors (Lipinski definition) is 2. The second-order valence-electron chi connectivity index (χ2n) is 18.1. The second kappa shape index (κ2) is 13.5. The molecule has 0 spiro atoms. The third-order valence-electron chi connectivity index (χ3n) is 13.9. The minimum Gasteiger partial charge on any atom is -0.456 e. The molecule has 9 aromatic carbocycles. The summed E-state index contributed by atoms with van der Waals surface area (Å²) in [5, 5.41) is 2.29. The standard InChI is InChI=1S/C60H45NO/c1-59(2)51-18-8-6-14-47(51)50-37-42(31-36-53(50)59)40-25-23-38(24-26-40)39-27-32-43(33-28-39)61(54-20-11-17-48-46-13-5-9-19-52(46)60(3,4)58(48)54)44-34-29-41(30-35-44)45-16-12-22-56-57(45)49-15-7-10-21-55(49)62-56/h5-37H,1-4H3. The molecule has 0 saturated carbocycles. The fourth-order valence-electron chi connectivity index (χ4n) is 10.8. The van der Waals surface area contributed by atoms with Crippen LogP contribution in [0.1, 0.15) is 49.9 Å². The van der Waals surface area contributed by atoms with Gasteiger partial charge >= 0.3 is 0 Å². The van der Waals surface area contributed by atoms with Gasteiger partial charge in [-0.05, 0) is 126 Å². The number of fused-ring (bicyclic) bond motifs is 9. The maximum absolute atomic E-state index is 6.27. The lowest BCUT2D eigenvalue weighted by atomic mass is 9.81. The normalized spacial score (nSPS) is 14.1. The van der Waals surface area contributed by atoms with Gasteiger partial charge in [0.25, 0.3) is 0 Å². The molecule has 62 heavy (non-hydrogen) atoms. The van der Waals surface area contributed by atoms with E-state index in [0.717, 1.165) is 38.9 Å². The monoisotopic (exact) mass is 795 g/mol. The van der Waals surface area contributed by atoms with E-state index in [1.807, 2.05) is 12.1 Å². The molecule has 0 unspecified atom stereocenters. The van der Waals surface area contributed by atoms with E-state index in [-0.39, 0.29) is 10.8 Å². The van der Waals surface area contributed by atoms with Crippen LogP contribution in [0.2, 0.25) is 0 Å². The SMILES string of the molecule is CC1(C)c2ccccc2-c2cc(-c3ccc(-c4ccc(N(c5ccc(-c6cccc7oc8ccccc8c67)cc5)c5cccc6c5C(C)(C)c5ccccc5-6)cc4)cc3)ccc21. The zero-order valence-electron chi connectivity index (χ0n) is 35.4. The number of nitrogens with zero attached hydrogens (tertiary/aromatic N) is 1. The van der Waals surface area contributed by atoms with Crippen LogP contribution in [0.3, 0.4) is 0 Å². The van der Waals surface area contributed by atoms with Crippen molar-refractivity contribution in [2.45, 2.75) is 38.5 Å². The molecule has 0 bridgehead atoms. The molecule has 0 atom stereocenters. The Hall–Kier alpha value is -7.42. The van der Waals surface area contributed by atoms with Crippen molar-refractivity contribution in [2.75, 3.05) is 4.90 Å². The zero-order chi connectivity index (χ0) is 41.7. The first-order chi connectivity index (χ1) is 30.3. The Kier molecular flexibility index (Phi) is 7.96. The van der Waals surface area contributed by atoms with Gasteiger partial charge in [-0.2, -0.15) is 0 Å². The van der Waals surface area contributed by atoms with Gasteiger partial charge in [-0.3, -0.25) is 0 Å². The molecule has 0 amide bonds. The van der Waals surface area contributed by atoms with Crippen molar-refractivity contribution in [1.29, 1.82) is 0 Å². The van der Waals surface area contributed by atoms with Crippen molar-refractivity contribution in [1.82, 2.24) is 0 Å². The Bertz CT molecular complexity index is 3380.